The number of halogens is 2. The summed E-state index contributed by atoms with van der Waals surface area (Å²) in [6, 6.07) is 22.6. The summed E-state index contributed by atoms with van der Waals surface area (Å²) in [5.41, 5.74) is 3.49. The summed E-state index contributed by atoms with van der Waals surface area (Å²) in [4.78, 5) is 27.0. The Morgan fingerprint density at radius 2 is 1.46 bits per heavy atom. The number of carbonyl (C=O) groups excluding carboxylic acids is 2. The summed E-state index contributed by atoms with van der Waals surface area (Å²) >= 11 is 0. The molecule has 1 heterocycles. The second kappa shape index (κ2) is 9.29. The molecule has 1 amide bonds. The predicted octanol–water partition coefficient (Wildman–Crippen LogP) is 5.97. The van der Waals surface area contributed by atoms with Gasteiger partial charge in [-0.2, -0.15) is 0 Å². The van der Waals surface area contributed by atoms with Gasteiger partial charge in [-0.05, 0) is 42.5 Å². The lowest BCUT2D eigenvalue weighted by Crippen LogP contribution is -2.37. The first-order chi connectivity index (χ1) is 16.9. The zero-order valence-electron chi connectivity index (χ0n) is 19.1. The Hall–Kier alpha value is -4.06. The maximum atomic E-state index is 14.3. The van der Waals surface area contributed by atoms with Crippen LogP contribution in [0.5, 0.6) is 0 Å². The molecule has 2 aliphatic rings. The van der Waals surface area contributed by atoms with Gasteiger partial charge >= 0.3 is 0 Å². The molecule has 0 unspecified atom stereocenters. The first-order valence-electron chi connectivity index (χ1n) is 11.5. The fourth-order valence-corrected chi connectivity index (χ4v) is 5.08. The number of hydrogen-bond donors (Lipinski definition) is 2. The topological polar surface area (TPSA) is 58.2 Å². The minimum absolute atomic E-state index is 0.0297. The molecule has 0 bridgehead atoms. The highest BCUT2D eigenvalue weighted by Gasteiger charge is 2.41. The largest absolute Gasteiger partial charge is 0.362 e. The highest BCUT2D eigenvalue weighted by Crippen LogP contribution is 2.45. The van der Waals surface area contributed by atoms with Crippen LogP contribution in [-0.2, 0) is 9.59 Å². The number of dihydropyridines is 1. The third-order valence-corrected chi connectivity index (χ3v) is 6.68. The molecular formula is C29H24F2N2O2. The van der Waals surface area contributed by atoms with Crippen molar-refractivity contribution in [2.75, 3.05) is 5.32 Å². The van der Waals surface area contributed by atoms with E-state index in [-0.39, 0.29) is 17.3 Å². The second-order valence-corrected chi connectivity index (χ2v) is 8.89. The Morgan fingerprint density at radius 3 is 2.09 bits per heavy atom. The average Bonchev–Trinajstić information content (AvgIpc) is 2.86. The molecule has 0 saturated heterocycles. The minimum Gasteiger partial charge on any atom is -0.362 e. The first kappa shape index (κ1) is 22.7. The number of para-hydroxylation sites is 1. The highest BCUT2D eigenvalue weighted by atomic mass is 19.1. The number of anilines is 1. The van der Waals surface area contributed by atoms with Crippen LogP contribution in [0, 0.1) is 11.6 Å². The van der Waals surface area contributed by atoms with Crippen LogP contribution in [0.2, 0.25) is 0 Å². The number of amides is 1. The zero-order chi connectivity index (χ0) is 24.5. The molecule has 6 heteroatoms. The molecule has 35 heavy (non-hydrogen) atoms. The van der Waals surface area contributed by atoms with E-state index in [4.69, 9.17) is 0 Å². The van der Waals surface area contributed by atoms with Gasteiger partial charge in [0, 0.05) is 34.9 Å². The molecule has 0 radical (unpaired) electrons. The molecular weight excluding hydrogens is 446 g/mol. The average molecular weight is 471 g/mol. The summed E-state index contributed by atoms with van der Waals surface area (Å²) < 4.78 is 28.6. The lowest BCUT2D eigenvalue weighted by atomic mass is 9.71. The van der Waals surface area contributed by atoms with Gasteiger partial charge in [0.05, 0.1) is 0 Å². The van der Waals surface area contributed by atoms with Gasteiger partial charge in [0.1, 0.15) is 17.3 Å². The fourth-order valence-electron chi connectivity index (χ4n) is 5.08. The molecule has 1 aliphatic heterocycles. The number of carbonyl (C=O) groups is 2. The summed E-state index contributed by atoms with van der Waals surface area (Å²) in [6.07, 6.45) is 0.951. The lowest BCUT2D eigenvalue weighted by Gasteiger charge is -2.37. The molecule has 0 aromatic heterocycles. The lowest BCUT2D eigenvalue weighted by molar-refractivity contribution is -0.116. The Balaban J connectivity index is 1.56. The van der Waals surface area contributed by atoms with Crippen LogP contribution in [-0.4, -0.2) is 11.7 Å². The van der Waals surface area contributed by atoms with E-state index < -0.39 is 29.1 Å². The summed E-state index contributed by atoms with van der Waals surface area (Å²) in [6.45, 7) is 1.75. The quantitative estimate of drug-likeness (QED) is 0.494. The van der Waals surface area contributed by atoms with Crippen molar-refractivity contribution < 1.29 is 18.4 Å². The molecule has 0 spiro atoms. The molecule has 176 valence electrons. The van der Waals surface area contributed by atoms with E-state index in [2.05, 4.69) is 10.6 Å². The summed E-state index contributed by atoms with van der Waals surface area (Å²) in [5, 5.41) is 5.69. The van der Waals surface area contributed by atoms with Gasteiger partial charge in [-0.25, -0.2) is 8.78 Å². The number of ketones is 1. The van der Waals surface area contributed by atoms with Crippen molar-refractivity contribution in [2.45, 2.75) is 31.6 Å². The van der Waals surface area contributed by atoms with Crippen molar-refractivity contribution in [3.63, 3.8) is 0 Å². The van der Waals surface area contributed by atoms with Crippen LogP contribution in [0.1, 0.15) is 42.7 Å². The third kappa shape index (κ3) is 4.28. The van der Waals surface area contributed by atoms with Crippen LogP contribution in [0.25, 0.3) is 0 Å². The van der Waals surface area contributed by atoms with Crippen LogP contribution in [0.15, 0.2) is 101 Å². The van der Waals surface area contributed by atoms with E-state index in [1.807, 2.05) is 60.7 Å². The van der Waals surface area contributed by atoms with Gasteiger partial charge in [0.15, 0.2) is 5.78 Å². The van der Waals surface area contributed by atoms with Crippen LogP contribution < -0.4 is 10.6 Å². The van der Waals surface area contributed by atoms with E-state index in [0.29, 0.717) is 24.1 Å². The van der Waals surface area contributed by atoms with E-state index in [9.17, 15) is 18.4 Å². The maximum absolute atomic E-state index is 14.3. The molecule has 2 atom stereocenters. The van der Waals surface area contributed by atoms with Crippen molar-refractivity contribution in [2.24, 2.45) is 0 Å². The van der Waals surface area contributed by atoms with Gasteiger partial charge < -0.3 is 10.6 Å². The predicted molar refractivity (Wildman–Crippen MR) is 130 cm³/mol. The minimum atomic E-state index is -0.865. The molecule has 0 fully saturated rings. The maximum Gasteiger partial charge on any atom is 0.254 e. The third-order valence-electron chi connectivity index (χ3n) is 6.68. The Morgan fingerprint density at radius 1 is 0.857 bits per heavy atom. The first-order valence-corrected chi connectivity index (χ1v) is 11.5. The molecule has 0 saturated carbocycles. The standard InChI is InChI=1S/C29H24F2N2O2/c1-17-25(29(35)33-28-21(30)13-8-14-22(28)31)26(19-11-6-3-7-12-19)27-23(32-17)15-20(16-24(27)34)18-9-4-2-5-10-18/h2-14,20,26,32H,15-16H2,1H3,(H,33,35)/t20-,26-/m0/s1. The van der Waals surface area contributed by atoms with E-state index in [1.54, 1.807) is 6.92 Å². The van der Waals surface area contributed by atoms with E-state index in [0.717, 1.165) is 29.0 Å². The molecule has 5 rings (SSSR count). The number of hydrogen-bond acceptors (Lipinski definition) is 3. The molecule has 4 nitrogen and oxygen atoms in total. The Labute approximate surface area is 202 Å². The fraction of sp³-hybridized carbons (Fsp3) is 0.172. The number of nitrogens with one attached hydrogen (secondary N) is 2. The molecule has 3 aromatic rings. The molecule has 1 aliphatic carbocycles. The van der Waals surface area contributed by atoms with Gasteiger partial charge in [0.25, 0.3) is 5.91 Å². The van der Waals surface area contributed by atoms with Crippen LogP contribution in [0.3, 0.4) is 0 Å². The van der Waals surface area contributed by atoms with Crippen molar-refractivity contribution in [1.82, 2.24) is 5.32 Å². The van der Waals surface area contributed by atoms with E-state index in [1.165, 1.54) is 6.07 Å². The SMILES string of the molecule is CC1=C(C(=O)Nc2c(F)cccc2F)[C@H](c2ccccc2)C2=C(C[C@H](c3ccccc3)CC2=O)N1. The van der Waals surface area contributed by atoms with E-state index >= 15 is 0 Å². The van der Waals surface area contributed by atoms with Gasteiger partial charge in [-0.1, -0.05) is 66.7 Å². The summed E-state index contributed by atoms with van der Waals surface area (Å²) in [7, 11) is 0. The van der Waals surface area contributed by atoms with Crippen molar-refractivity contribution in [1.29, 1.82) is 0 Å². The van der Waals surface area contributed by atoms with Crippen molar-refractivity contribution in [3.05, 3.63) is 124 Å². The van der Waals surface area contributed by atoms with Gasteiger partial charge in [0.2, 0.25) is 0 Å². The number of rotatable bonds is 4. The molecule has 3 aromatic carbocycles. The highest BCUT2D eigenvalue weighted by molar-refractivity contribution is 6.10. The van der Waals surface area contributed by atoms with Gasteiger partial charge in [-0.15, -0.1) is 0 Å². The van der Waals surface area contributed by atoms with Crippen molar-refractivity contribution >= 4 is 17.4 Å². The number of benzene rings is 3. The zero-order valence-corrected chi connectivity index (χ0v) is 19.1. The van der Waals surface area contributed by atoms with Crippen molar-refractivity contribution in [3.8, 4) is 0 Å². The Kier molecular flexibility index (Phi) is 6.03. The summed E-state index contributed by atoms with van der Waals surface area (Å²) in [5.74, 6) is -3.05. The number of Topliss-reactive ketones (excluding diaryl/α,β-unsaturated/α-hetero) is 1. The Bertz CT molecular complexity index is 1340. The van der Waals surface area contributed by atoms with Gasteiger partial charge in [-0.3, -0.25) is 9.59 Å². The molecule has 2 N–H and O–H groups in total. The normalized spacial score (nSPS) is 19.8. The monoisotopic (exact) mass is 470 g/mol. The van der Waals surface area contributed by atoms with Crippen LogP contribution in [0.4, 0.5) is 14.5 Å². The smallest absolute Gasteiger partial charge is 0.254 e. The number of allylic oxidation sites excluding steroid dienone is 3. The van der Waals surface area contributed by atoms with Crippen LogP contribution >= 0.6 is 0 Å². The second-order valence-electron chi connectivity index (χ2n) is 8.89.